The van der Waals surface area contributed by atoms with Gasteiger partial charge in [-0.1, -0.05) is 35.9 Å². The highest BCUT2D eigenvalue weighted by Gasteiger charge is 2.28. The van der Waals surface area contributed by atoms with Crippen LogP contribution in [0, 0.1) is 6.92 Å². The van der Waals surface area contributed by atoms with Gasteiger partial charge in [0.05, 0.1) is 4.90 Å². The van der Waals surface area contributed by atoms with Gasteiger partial charge in [0.1, 0.15) is 0 Å². The predicted octanol–water partition coefficient (Wildman–Crippen LogP) is 2.53. The molecule has 1 aliphatic heterocycles. The summed E-state index contributed by atoms with van der Waals surface area (Å²) in [5.41, 5.74) is 1.69. The smallest absolute Gasteiger partial charge is 0.253 e. The quantitative estimate of drug-likeness (QED) is 0.847. The normalized spacial score (nSPS) is 16.4. The number of hydrogen-bond donors (Lipinski definition) is 0. The first-order valence-corrected chi connectivity index (χ1v) is 9.83. The summed E-state index contributed by atoms with van der Waals surface area (Å²) in [6, 6.07) is 15.9. The van der Waals surface area contributed by atoms with E-state index in [0.29, 0.717) is 43.1 Å². The predicted molar refractivity (Wildman–Crippen MR) is 96.9 cm³/mol. The molecule has 3 rings (SSSR count). The number of benzene rings is 2. The van der Waals surface area contributed by atoms with E-state index >= 15 is 0 Å². The third kappa shape index (κ3) is 3.91. The molecule has 0 saturated carbocycles. The van der Waals surface area contributed by atoms with Crippen LogP contribution < -0.4 is 0 Å². The van der Waals surface area contributed by atoms with Gasteiger partial charge in [-0.3, -0.25) is 4.79 Å². The number of carbonyl (C=O) groups is 1. The van der Waals surface area contributed by atoms with Crippen LogP contribution in [-0.4, -0.2) is 49.7 Å². The molecule has 2 aromatic rings. The lowest BCUT2D eigenvalue weighted by Gasteiger charge is -2.22. The average Bonchev–Trinajstić information content (AvgIpc) is 2.88. The van der Waals surface area contributed by atoms with Gasteiger partial charge in [-0.2, -0.15) is 4.31 Å². The van der Waals surface area contributed by atoms with Crippen LogP contribution in [0.25, 0.3) is 0 Å². The third-order valence-corrected chi connectivity index (χ3v) is 6.30. The Kier molecular flexibility index (Phi) is 5.20. The molecule has 0 bridgehead atoms. The molecule has 5 nitrogen and oxygen atoms in total. The van der Waals surface area contributed by atoms with Crippen LogP contribution in [-0.2, 0) is 10.0 Å². The lowest BCUT2D eigenvalue weighted by molar-refractivity contribution is 0.0764. The van der Waals surface area contributed by atoms with E-state index in [4.69, 9.17) is 0 Å². The summed E-state index contributed by atoms with van der Waals surface area (Å²) in [7, 11) is -3.51. The fraction of sp³-hybridized carbons (Fsp3) is 0.316. The van der Waals surface area contributed by atoms with Crippen molar-refractivity contribution in [3.05, 3.63) is 65.7 Å². The SMILES string of the molecule is Cc1cccc(C(=O)N2CCCN(S(=O)(=O)c3ccccc3)CC2)c1. The van der Waals surface area contributed by atoms with E-state index in [-0.39, 0.29) is 5.91 Å². The minimum atomic E-state index is -3.51. The standard InChI is InChI=1S/C19H22N2O3S/c1-16-7-5-8-17(15-16)19(22)20-11-6-12-21(14-13-20)25(23,24)18-9-3-2-4-10-18/h2-5,7-10,15H,6,11-14H2,1H3. The second-order valence-electron chi connectivity index (χ2n) is 6.23. The lowest BCUT2D eigenvalue weighted by Crippen LogP contribution is -2.37. The zero-order valence-corrected chi connectivity index (χ0v) is 15.1. The molecule has 1 fully saturated rings. The van der Waals surface area contributed by atoms with Crippen molar-refractivity contribution in [2.45, 2.75) is 18.2 Å². The molecule has 25 heavy (non-hydrogen) atoms. The first-order valence-electron chi connectivity index (χ1n) is 8.39. The monoisotopic (exact) mass is 358 g/mol. The summed E-state index contributed by atoms with van der Waals surface area (Å²) >= 11 is 0. The zero-order valence-electron chi connectivity index (χ0n) is 14.3. The molecule has 132 valence electrons. The van der Waals surface area contributed by atoms with Gasteiger partial charge >= 0.3 is 0 Å². The number of rotatable bonds is 3. The second kappa shape index (κ2) is 7.37. The topological polar surface area (TPSA) is 57.7 Å². The van der Waals surface area contributed by atoms with E-state index in [1.54, 1.807) is 41.3 Å². The van der Waals surface area contributed by atoms with E-state index in [1.165, 1.54) is 4.31 Å². The highest BCUT2D eigenvalue weighted by molar-refractivity contribution is 7.89. The highest BCUT2D eigenvalue weighted by atomic mass is 32.2. The van der Waals surface area contributed by atoms with Crippen LogP contribution in [0.15, 0.2) is 59.5 Å². The zero-order chi connectivity index (χ0) is 17.9. The number of aryl methyl sites for hydroxylation is 1. The molecule has 0 aliphatic carbocycles. The van der Waals surface area contributed by atoms with Gasteiger partial charge < -0.3 is 4.90 Å². The summed E-state index contributed by atoms with van der Waals surface area (Å²) in [6.07, 6.45) is 0.629. The average molecular weight is 358 g/mol. The minimum Gasteiger partial charge on any atom is -0.337 e. The number of sulfonamides is 1. The fourth-order valence-corrected chi connectivity index (χ4v) is 4.53. The van der Waals surface area contributed by atoms with Gasteiger partial charge in [0.2, 0.25) is 10.0 Å². The molecule has 0 N–H and O–H groups in total. The lowest BCUT2D eigenvalue weighted by atomic mass is 10.1. The summed E-state index contributed by atoms with van der Waals surface area (Å²) < 4.78 is 27.0. The van der Waals surface area contributed by atoms with Crippen molar-refractivity contribution in [1.82, 2.24) is 9.21 Å². The second-order valence-corrected chi connectivity index (χ2v) is 8.17. The van der Waals surface area contributed by atoms with E-state index in [2.05, 4.69) is 0 Å². The van der Waals surface area contributed by atoms with Crippen molar-refractivity contribution >= 4 is 15.9 Å². The van der Waals surface area contributed by atoms with Gasteiger partial charge in [-0.15, -0.1) is 0 Å². The van der Waals surface area contributed by atoms with Crippen molar-refractivity contribution in [3.8, 4) is 0 Å². The molecule has 0 spiro atoms. The molecular weight excluding hydrogens is 336 g/mol. The maximum Gasteiger partial charge on any atom is 0.253 e. The van der Waals surface area contributed by atoms with Crippen molar-refractivity contribution in [2.24, 2.45) is 0 Å². The Balaban J connectivity index is 1.73. The Morgan fingerprint density at radius 2 is 1.68 bits per heavy atom. The number of hydrogen-bond acceptors (Lipinski definition) is 3. The molecule has 0 radical (unpaired) electrons. The third-order valence-electron chi connectivity index (χ3n) is 4.39. The van der Waals surface area contributed by atoms with Gasteiger partial charge in [0, 0.05) is 31.7 Å². The molecule has 0 atom stereocenters. The summed E-state index contributed by atoms with van der Waals surface area (Å²) in [5.74, 6) is -0.0392. The first-order chi connectivity index (χ1) is 12.0. The van der Waals surface area contributed by atoms with Crippen LogP contribution in [0.3, 0.4) is 0 Å². The van der Waals surface area contributed by atoms with E-state index < -0.39 is 10.0 Å². The first kappa shape index (κ1) is 17.6. The van der Waals surface area contributed by atoms with E-state index in [0.717, 1.165) is 5.56 Å². The molecule has 0 aromatic heterocycles. The minimum absolute atomic E-state index is 0.0392. The summed E-state index contributed by atoms with van der Waals surface area (Å²) in [4.78, 5) is 14.7. The van der Waals surface area contributed by atoms with E-state index in [9.17, 15) is 13.2 Å². The van der Waals surface area contributed by atoms with Gasteiger partial charge in [-0.25, -0.2) is 8.42 Å². The highest BCUT2D eigenvalue weighted by Crippen LogP contribution is 2.18. The van der Waals surface area contributed by atoms with Crippen molar-refractivity contribution in [2.75, 3.05) is 26.2 Å². The number of carbonyl (C=O) groups excluding carboxylic acids is 1. The Morgan fingerprint density at radius 1 is 0.920 bits per heavy atom. The largest absolute Gasteiger partial charge is 0.337 e. The molecule has 0 unspecified atom stereocenters. The van der Waals surface area contributed by atoms with Crippen LogP contribution in [0.2, 0.25) is 0 Å². The van der Waals surface area contributed by atoms with Crippen molar-refractivity contribution < 1.29 is 13.2 Å². The Morgan fingerprint density at radius 3 is 2.40 bits per heavy atom. The van der Waals surface area contributed by atoms with E-state index in [1.807, 2.05) is 25.1 Å². The van der Waals surface area contributed by atoms with Crippen LogP contribution in [0.1, 0.15) is 22.3 Å². The Hall–Kier alpha value is -2.18. The number of nitrogens with zero attached hydrogens (tertiary/aromatic N) is 2. The molecule has 1 amide bonds. The number of amides is 1. The Bertz CT molecular complexity index is 850. The van der Waals surface area contributed by atoms with Gasteiger partial charge in [0.25, 0.3) is 5.91 Å². The van der Waals surface area contributed by atoms with Gasteiger partial charge in [-0.05, 0) is 37.6 Å². The summed E-state index contributed by atoms with van der Waals surface area (Å²) in [5, 5.41) is 0. The molecule has 6 heteroatoms. The molecule has 1 aliphatic rings. The van der Waals surface area contributed by atoms with Crippen LogP contribution in [0.5, 0.6) is 0 Å². The molecule has 1 saturated heterocycles. The molecule has 1 heterocycles. The fourth-order valence-electron chi connectivity index (χ4n) is 3.04. The van der Waals surface area contributed by atoms with Crippen LogP contribution in [0.4, 0.5) is 0 Å². The van der Waals surface area contributed by atoms with Crippen molar-refractivity contribution in [1.29, 1.82) is 0 Å². The maximum absolute atomic E-state index is 12.8. The van der Waals surface area contributed by atoms with Crippen LogP contribution >= 0.6 is 0 Å². The summed E-state index contributed by atoms with van der Waals surface area (Å²) in [6.45, 7) is 3.66. The van der Waals surface area contributed by atoms with Crippen molar-refractivity contribution in [3.63, 3.8) is 0 Å². The Labute approximate surface area is 148 Å². The molecule has 2 aromatic carbocycles. The van der Waals surface area contributed by atoms with Gasteiger partial charge in [0.15, 0.2) is 0 Å². The maximum atomic E-state index is 12.8. The molecular formula is C19H22N2O3S.